The molecule has 6 nitrogen and oxygen atoms in total. The highest BCUT2D eigenvalue weighted by atomic mass is 16.5. The standard InChI is InChI=1S/C16H18N2O4/c1-22-13-9-5-4-8-12(13)14(19)17-18-15(20)10-6-2-3-7-11(10)16(18)21/h4-5,8-11H,2-3,6-7H2,1H3,(H,17,19)/t10-,11-/m1/s1. The van der Waals surface area contributed by atoms with E-state index in [2.05, 4.69) is 5.43 Å². The minimum atomic E-state index is -0.516. The number of ether oxygens (including phenoxy) is 1. The molecule has 2 atom stereocenters. The van der Waals surface area contributed by atoms with E-state index in [1.54, 1.807) is 24.3 Å². The second-order valence-corrected chi connectivity index (χ2v) is 5.65. The SMILES string of the molecule is COc1ccccc1C(=O)NN1C(=O)[C@@H]2CCCC[C@H]2C1=O. The zero-order chi connectivity index (χ0) is 15.7. The lowest BCUT2D eigenvalue weighted by atomic mass is 9.81. The van der Waals surface area contributed by atoms with Crippen LogP contribution in [0.2, 0.25) is 0 Å². The molecule has 1 aromatic rings. The molecule has 2 aliphatic rings. The number of hydrogen-bond acceptors (Lipinski definition) is 4. The van der Waals surface area contributed by atoms with Crippen molar-refractivity contribution in [1.29, 1.82) is 0 Å². The summed E-state index contributed by atoms with van der Waals surface area (Å²) in [7, 11) is 1.47. The molecular weight excluding hydrogens is 284 g/mol. The molecule has 1 aliphatic carbocycles. The highest BCUT2D eigenvalue weighted by Crippen LogP contribution is 2.37. The molecule has 116 valence electrons. The third kappa shape index (κ3) is 2.34. The topological polar surface area (TPSA) is 75.7 Å². The lowest BCUT2D eigenvalue weighted by Gasteiger charge is -2.19. The van der Waals surface area contributed by atoms with Crippen molar-refractivity contribution >= 4 is 17.7 Å². The Morgan fingerprint density at radius 3 is 2.32 bits per heavy atom. The van der Waals surface area contributed by atoms with Gasteiger partial charge in [-0.05, 0) is 25.0 Å². The van der Waals surface area contributed by atoms with Crippen molar-refractivity contribution in [3.05, 3.63) is 29.8 Å². The molecule has 0 spiro atoms. The first-order valence-electron chi connectivity index (χ1n) is 7.45. The Bertz CT molecular complexity index is 604. The Balaban J connectivity index is 1.79. The maximum atomic E-state index is 12.3. The number of hydrogen-bond donors (Lipinski definition) is 1. The maximum absolute atomic E-state index is 12.3. The van der Waals surface area contributed by atoms with Gasteiger partial charge in [-0.2, -0.15) is 5.01 Å². The molecule has 1 saturated heterocycles. The molecule has 1 saturated carbocycles. The van der Waals surface area contributed by atoms with Crippen LogP contribution in [0.3, 0.4) is 0 Å². The molecule has 3 rings (SSSR count). The molecule has 1 aliphatic heterocycles. The van der Waals surface area contributed by atoms with Crippen LogP contribution in [0.4, 0.5) is 0 Å². The Kier molecular flexibility index (Phi) is 3.83. The van der Waals surface area contributed by atoms with Gasteiger partial charge in [-0.15, -0.1) is 0 Å². The number of fused-ring (bicyclic) bond motifs is 1. The van der Waals surface area contributed by atoms with Gasteiger partial charge in [0, 0.05) is 0 Å². The lowest BCUT2D eigenvalue weighted by Crippen LogP contribution is -2.46. The van der Waals surface area contributed by atoms with Crippen molar-refractivity contribution in [2.75, 3.05) is 7.11 Å². The van der Waals surface area contributed by atoms with Crippen molar-refractivity contribution in [1.82, 2.24) is 10.4 Å². The van der Waals surface area contributed by atoms with Gasteiger partial charge in [0.05, 0.1) is 24.5 Å². The van der Waals surface area contributed by atoms with Gasteiger partial charge in [-0.3, -0.25) is 19.8 Å². The first-order chi connectivity index (χ1) is 10.6. The monoisotopic (exact) mass is 302 g/mol. The van der Waals surface area contributed by atoms with Gasteiger partial charge in [-0.25, -0.2) is 0 Å². The largest absolute Gasteiger partial charge is 0.496 e. The van der Waals surface area contributed by atoms with E-state index in [0.29, 0.717) is 11.3 Å². The van der Waals surface area contributed by atoms with Crippen LogP contribution in [0.25, 0.3) is 0 Å². The summed E-state index contributed by atoms with van der Waals surface area (Å²) in [6, 6.07) is 6.69. The molecule has 6 heteroatoms. The molecule has 0 radical (unpaired) electrons. The summed E-state index contributed by atoms with van der Waals surface area (Å²) in [5.41, 5.74) is 2.73. The van der Waals surface area contributed by atoms with Crippen molar-refractivity contribution in [2.24, 2.45) is 11.8 Å². The Labute approximate surface area is 128 Å². The molecule has 22 heavy (non-hydrogen) atoms. The molecule has 1 heterocycles. The fraction of sp³-hybridized carbons (Fsp3) is 0.438. The molecule has 0 bridgehead atoms. The minimum Gasteiger partial charge on any atom is -0.496 e. The van der Waals surface area contributed by atoms with Gasteiger partial charge in [0.25, 0.3) is 17.7 Å². The summed E-state index contributed by atoms with van der Waals surface area (Å²) in [5.74, 6) is -1.26. The number of methoxy groups -OCH3 is 1. The maximum Gasteiger partial charge on any atom is 0.274 e. The van der Waals surface area contributed by atoms with E-state index in [0.717, 1.165) is 30.7 Å². The molecule has 2 fully saturated rings. The molecule has 1 aromatic carbocycles. The quantitative estimate of drug-likeness (QED) is 0.859. The van der Waals surface area contributed by atoms with Crippen LogP contribution in [-0.2, 0) is 9.59 Å². The zero-order valence-electron chi connectivity index (χ0n) is 12.4. The Morgan fingerprint density at radius 1 is 1.14 bits per heavy atom. The second-order valence-electron chi connectivity index (χ2n) is 5.65. The highest BCUT2D eigenvalue weighted by Gasteiger charge is 2.49. The van der Waals surface area contributed by atoms with Crippen LogP contribution < -0.4 is 10.2 Å². The smallest absolute Gasteiger partial charge is 0.274 e. The summed E-state index contributed by atoms with van der Waals surface area (Å²) >= 11 is 0. The fourth-order valence-electron chi connectivity index (χ4n) is 3.27. The van der Waals surface area contributed by atoms with Gasteiger partial charge in [0.2, 0.25) is 0 Å². The number of hydrazine groups is 1. The van der Waals surface area contributed by atoms with Crippen molar-refractivity contribution < 1.29 is 19.1 Å². The fourth-order valence-corrected chi connectivity index (χ4v) is 3.27. The van der Waals surface area contributed by atoms with E-state index >= 15 is 0 Å². The van der Waals surface area contributed by atoms with Gasteiger partial charge >= 0.3 is 0 Å². The first-order valence-corrected chi connectivity index (χ1v) is 7.45. The molecule has 3 amide bonds. The molecular formula is C16H18N2O4. The number of rotatable bonds is 3. The number of amides is 3. The minimum absolute atomic E-state index is 0.279. The summed E-state index contributed by atoms with van der Waals surface area (Å²) in [6.07, 6.45) is 3.34. The van der Waals surface area contributed by atoms with E-state index in [-0.39, 0.29) is 23.7 Å². The Hall–Kier alpha value is -2.37. The third-order valence-electron chi connectivity index (χ3n) is 4.41. The van der Waals surface area contributed by atoms with Crippen LogP contribution in [0.1, 0.15) is 36.0 Å². The zero-order valence-corrected chi connectivity index (χ0v) is 12.4. The third-order valence-corrected chi connectivity index (χ3v) is 4.41. The molecule has 1 N–H and O–H groups in total. The van der Waals surface area contributed by atoms with Crippen molar-refractivity contribution in [3.8, 4) is 5.75 Å². The van der Waals surface area contributed by atoms with Crippen LogP contribution >= 0.6 is 0 Å². The first kappa shape index (κ1) is 14.6. The van der Waals surface area contributed by atoms with Crippen molar-refractivity contribution in [2.45, 2.75) is 25.7 Å². The predicted octanol–water partition coefficient (Wildman–Crippen LogP) is 1.52. The van der Waals surface area contributed by atoms with E-state index in [4.69, 9.17) is 4.74 Å². The van der Waals surface area contributed by atoms with Crippen LogP contribution in [0.15, 0.2) is 24.3 Å². The summed E-state index contributed by atoms with van der Waals surface area (Å²) < 4.78 is 5.13. The van der Waals surface area contributed by atoms with E-state index in [1.165, 1.54) is 7.11 Å². The second kappa shape index (κ2) is 5.79. The number of carbonyl (C=O) groups excluding carboxylic acids is 3. The van der Waals surface area contributed by atoms with Crippen molar-refractivity contribution in [3.63, 3.8) is 0 Å². The average Bonchev–Trinajstić information content (AvgIpc) is 2.80. The number of nitrogens with one attached hydrogen (secondary N) is 1. The van der Waals surface area contributed by atoms with E-state index in [9.17, 15) is 14.4 Å². The van der Waals surface area contributed by atoms with Gasteiger partial charge in [0.15, 0.2) is 0 Å². The van der Waals surface area contributed by atoms with E-state index < -0.39 is 5.91 Å². The van der Waals surface area contributed by atoms with E-state index in [1.807, 2.05) is 0 Å². The normalized spacial score (nSPS) is 24.1. The summed E-state index contributed by atoms with van der Waals surface area (Å²) in [6.45, 7) is 0. The predicted molar refractivity (Wildman–Crippen MR) is 77.8 cm³/mol. The average molecular weight is 302 g/mol. The summed E-state index contributed by atoms with van der Waals surface area (Å²) in [5, 5.41) is 0.898. The molecule has 0 aromatic heterocycles. The van der Waals surface area contributed by atoms with Crippen LogP contribution in [-0.4, -0.2) is 29.8 Å². The summed E-state index contributed by atoms with van der Waals surface area (Å²) in [4.78, 5) is 37.0. The Morgan fingerprint density at radius 2 is 1.73 bits per heavy atom. The van der Waals surface area contributed by atoms with Crippen LogP contribution in [0, 0.1) is 11.8 Å². The number of benzene rings is 1. The highest BCUT2D eigenvalue weighted by molar-refractivity contribution is 6.08. The van der Waals surface area contributed by atoms with Gasteiger partial charge in [-0.1, -0.05) is 25.0 Å². The molecule has 0 unspecified atom stereocenters. The number of carbonyl (C=O) groups is 3. The van der Waals surface area contributed by atoms with Gasteiger partial charge in [0.1, 0.15) is 5.75 Å². The number of para-hydroxylation sites is 1. The number of imide groups is 1. The number of nitrogens with zero attached hydrogens (tertiary/aromatic N) is 1. The van der Waals surface area contributed by atoms with Crippen LogP contribution in [0.5, 0.6) is 5.75 Å². The lowest BCUT2D eigenvalue weighted by molar-refractivity contribution is -0.142. The van der Waals surface area contributed by atoms with Gasteiger partial charge < -0.3 is 4.74 Å².